The van der Waals surface area contributed by atoms with Gasteiger partial charge in [0.1, 0.15) is 0 Å². The van der Waals surface area contributed by atoms with Gasteiger partial charge in [0.25, 0.3) is 5.56 Å². The van der Waals surface area contributed by atoms with Crippen LogP contribution in [0.15, 0.2) is 53.7 Å². The average Bonchev–Trinajstić information content (AvgIpc) is 2.90. The highest BCUT2D eigenvalue weighted by atomic mass is 16.1. The summed E-state index contributed by atoms with van der Waals surface area (Å²) in [7, 11) is 0. The maximum Gasteiger partial charge on any atom is 0.255 e. The van der Waals surface area contributed by atoms with Crippen molar-refractivity contribution < 1.29 is 4.79 Å². The lowest BCUT2D eigenvalue weighted by atomic mass is 10.1. The van der Waals surface area contributed by atoms with Gasteiger partial charge in [0.05, 0.1) is 29.2 Å². The summed E-state index contributed by atoms with van der Waals surface area (Å²) >= 11 is 0. The van der Waals surface area contributed by atoms with Crippen molar-refractivity contribution in [3.8, 4) is 5.69 Å². The lowest BCUT2D eigenvalue weighted by Crippen LogP contribution is -2.16. The van der Waals surface area contributed by atoms with Crippen LogP contribution in [0.25, 0.3) is 11.2 Å². The number of fused-ring (bicyclic) bond motifs is 1. The lowest BCUT2D eigenvalue weighted by Gasteiger charge is -2.05. The minimum atomic E-state index is -0.108. The number of hydrogen-bond acceptors (Lipinski definition) is 3. The Hall–Kier alpha value is -2.69. The Morgan fingerprint density at radius 3 is 2.85 bits per heavy atom. The number of pyridine rings is 2. The molecule has 0 aromatic carbocycles. The van der Waals surface area contributed by atoms with Gasteiger partial charge in [0, 0.05) is 18.7 Å². The molecular weight excluding hydrogens is 254 g/mol. The summed E-state index contributed by atoms with van der Waals surface area (Å²) in [6.07, 6.45) is 5.45. The monoisotopic (exact) mass is 267 g/mol. The fraction of sp³-hybridized carbons (Fsp3) is 0.133. The molecule has 5 heteroatoms. The Balaban J connectivity index is 2.16. The zero-order valence-electron chi connectivity index (χ0n) is 11.0. The Morgan fingerprint density at radius 2 is 2.10 bits per heavy atom. The van der Waals surface area contributed by atoms with Gasteiger partial charge in [-0.05, 0) is 18.2 Å². The first-order chi connectivity index (χ1) is 9.70. The van der Waals surface area contributed by atoms with Crippen molar-refractivity contribution in [2.45, 2.75) is 13.3 Å². The maximum absolute atomic E-state index is 11.8. The quantitative estimate of drug-likeness (QED) is 0.683. The number of carbonyl (C=O) groups excluding carboxylic acids is 1. The highest BCUT2D eigenvalue weighted by molar-refractivity contribution is 6.01. The van der Waals surface area contributed by atoms with Crippen LogP contribution in [0.1, 0.15) is 23.7 Å². The first-order valence-corrected chi connectivity index (χ1v) is 6.39. The van der Waals surface area contributed by atoms with E-state index in [1.165, 1.54) is 10.6 Å². The summed E-state index contributed by atoms with van der Waals surface area (Å²) in [6, 6.07) is 8.61. The number of carbonyl (C=O) groups is 1. The Kier molecular flexibility index (Phi) is 2.95. The SMILES string of the molecule is CCC(=O)c1cnn2cc(-n3ccccc3=O)ccc12. The van der Waals surface area contributed by atoms with E-state index in [0.29, 0.717) is 17.7 Å². The van der Waals surface area contributed by atoms with Crippen LogP contribution in [-0.4, -0.2) is 20.0 Å². The molecule has 3 aromatic rings. The summed E-state index contributed by atoms with van der Waals surface area (Å²) in [5.74, 6) is 0.0598. The van der Waals surface area contributed by atoms with E-state index in [-0.39, 0.29) is 11.3 Å². The number of ketones is 1. The molecule has 20 heavy (non-hydrogen) atoms. The second-order valence-corrected chi connectivity index (χ2v) is 4.46. The van der Waals surface area contributed by atoms with Gasteiger partial charge in [-0.25, -0.2) is 4.52 Å². The normalized spacial score (nSPS) is 10.8. The van der Waals surface area contributed by atoms with Crippen LogP contribution >= 0.6 is 0 Å². The van der Waals surface area contributed by atoms with E-state index in [4.69, 9.17) is 0 Å². The fourth-order valence-corrected chi connectivity index (χ4v) is 2.16. The maximum atomic E-state index is 11.8. The lowest BCUT2D eigenvalue weighted by molar-refractivity contribution is 0.0989. The number of aromatic nitrogens is 3. The molecule has 3 heterocycles. The van der Waals surface area contributed by atoms with Gasteiger partial charge in [0.15, 0.2) is 5.78 Å². The molecule has 0 bridgehead atoms. The van der Waals surface area contributed by atoms with E-state index in [1.54, 1.807) is 35.2 Å². The van der Waals surface area contributed by atoms with Gasteiger partial charge in [-0.1, -0.05) is 13.0 Å². The Labute approximate surface area is 115 Å². The van der Waals surface area contributed by atoms with Crippen LogP contribution in [0, 0.1) is 0 Å². The zero-order chi connectivity index (χ0) is 14.1. The first kappa shape index (κ1) is 12.3. The van der Waals surface area contributed by atoms with Crippen LogP contribution in [0.5, 0.6) is 0 Å². The molecule has 0 aliphatic carbocycles. The molecule has 5 nitrogen and oxygen atoms in total. The largest absolute Gasteiger partial charge is 0.294 e. The van der Waals surface area contributed by atoms with Crippen LogP contribution < -0.4 is 5.56 Å². The highest BCUT2D eigenvalue weighted by Crippen LogP contribution is 2.15. The van der Waals surface area contributed by atoms with Crippen LogP contribution in [0.2, 0.25) is 0 Å². The van der Waals surface area contributed by atoms with E-state index < -0.39 is 0 Å². The van der Waals surface area contributed by atoms with Crippen LogP contribution in [0.3, 0.4) is 0 Å². The van der Waals surface area contributed by atoms with Crippen molar-refractivity contribution >= 4 is 11.3 Å². The van der Waals surface area contributed by atoms with Gasteiger partial charge >= 0.3 is 0 Å². The molecule has 0 radical (unpaired) electrons. The molecule has 0 saturated heterocycles. The van der Waals surface area contributed by atoms with E-state index in [2.05, 4.69) is 5.10 Å². The topological polar surface area (TPSA) is 56.4 Å². The standard InChI is InChI=1S/C15H13N3O2/c1-2-14(19)12-9-16-18-10-11(6-7-13(12)18)17-8-4-3-5-15(17)20/h3-10H,2H2,1H3. The van der Waals surface area contributed by atoms with Crippen molar-refractivity contribution in [2.24, 2.45) is 0 Å². The summed E-state index contributed by atoms with van der Waals surface area (Å²) in [5.41, 5.74) is 1.97. The molecule has 0 N–H and O–H groups in total. The van der Waals surface area contributed by atoms with Gasteiger partial charge in [-0.15, -0.1) is 0 Å². The van der Waals surface area contributed by atoms with Crippen molar-refractivity contribution in [3.05, 3.63) is 64.8 Å². The third kappa shape index (κ3) is 1.93. The van der Waals surface area contributed by atoms with Crippen molar-refractivity contribution in [3.63, 3.8) is 0 Å². The third-order valence-corrected chi connectivity index (χ3v) is 3.22. The molecule has 0 aliphatic rings. The Morgan fingerprint density at radius 1 is 1.25 bits per heavy atom. The van der Waals surface area contributed by atoms with Crippen molar-refractivity contribution in [2.75, 3.05) is 0 Å². The zero-order valence-corrected chi connectivity index (χ0v) is 11.0. The van der Waals surface area contributed by atoms with Crippen molar-refractivity contribution in [1.82, 2.24) is 14.2 Å². The number of rotatable bonds is 3. The minimum Gasteiger partial charge on any atom is -0.294 e. The number of hydrogen-bond donors (Lipinski definition) is 0. The molecule has 100 valence electrons. The predicted molar refractivity (Wildman–Crippen MR) is 75.4 cm³/mol. The molecule has 3 aromatic heterocycles. The summed E-state index contributed by atoms with van der Waals surface area (Å²) in [5, 5.41) is 4.18. The highest BCUT2D eigenvalue weighted by Gasteiger charge is 2.11. The fourth-order valence-electron chi connectivity index (χ4n) is 2.16. The molecule has 0 atom stereocenters. The van der Waals surface area contributed by atoms with Gasteiger partial charge in [-0.2, -0.15) is 5.10 Å². The molecule has 0 fully saturated rings. The molecule has 3 rings (SSSR count). The molecule has 0 saturated carbocycles. The second-order valence-electron chi connectivity index (χ2n) is 4.46. The van der Waals surface area contributed by atoms with Crippen LogP contribution in [0.4, 0.5) is 0 Å². The van der Waals surface area contributed by atoms with Crippen molar-refractivity contribution in [1.29, 1.82) is 0 Å². The smallest absolute Gasteiger partial charge is 0.255 e. The molecule has 0 aliphatic heterocycles. The summed E-state index contributed by atoms with van der Waals surface area (Å²) in [4.78, 5) is 23.6. The van der Waals surface area contributed by atoms with Gasteiger partial charge < -0.3 is 0 Å². The van der Waals surface area contributed by atoms with Gasteiger partial charge in [0.2, 0.25) is 0 Å². The van der Waals surface area contributed by atoms with E-state index in [9.17, 15) is 9.59 Å². The third-order valence-electron chi connectivity index (χ3n) is 3.22. The first-order valence-electron chi connectivity index (χ1n) is 6.39. The number of Topliss-reactive ketones (excluding diaryl/α,β-unsaturated/α-hetero) is 1. The van der Waals surface area contributed by atoms with E-state index >= 15 is 0 Å². The summed E-state index contributed by atoms with van der Waals surface area (Å²) < 4.78 is 3.15. The molecular formula is C15H13N3O2. The van der Waals surface area contributed by atoms with Gasteiger partial charge in [-0.3, -0.25) is 14.2 Å². The molecule has 0 unspecified atom stereocenters. The van der Waals surface area contributed by atoms with E-state index in [0.717, 1.165) is 5.52 Å². The summed E-state index contributed by atoms with van der Waals surface area (Å²) in [6.45, 7) is 1.82. The molecule has 0 amide bonds. The predicted octanol–water partition coefficient (Wildman–Crippen LogP) is 2.08. The number of nitrogens with zero attached hydrogens (tertiary/aromatic N) is 3. The average molecular weight is 267 g/mol. The van der Waals surface area contributed by atoms with Crippen LogP contribution in [-0.2, 0) is 0 Å². The minimum absolute atomic E-state index is 0.0598. The van der Waals surface area contributed by atoms with E-state index in [1.807, 2.05) is 19.1 Å². The second kappa shape index (κ2) is 4.77. The Bertz CT molecular complexity index is 845. The molecule has 0 spiro atoms.